The average Bonchev–Trinajstić information content (AvgIpc) is 2.61. The molecule has 1 N–H and O–H groups in total. The van der Waals surface area contributed by atoms with Crippen molar-refractivity contribution in [3.63, 3.8) is 0 Å². The number of aryl methyl sites for hydroxylation is 2. The Bertz CT molecular complexity index is 1020. The van der Waals surface area contributed by atoms with Crippen LogP contribution in [-0.2, 0) is 14.8 Å². The average molecular weight is 403 g/mol. The summed E-state index contributed by atoms with van der Waals surface area (Å²) in [5.74, 6) is -0.0497. The molecule has 2 aromatic rings. The summed E-state index contributed by atoms with van der Waals surface area (Å²) in [6.07, 6.45) is 1.30. The topological polar surface area (TPSA) is 95.3 Å². The van der Waals surface area contributed by atoms with E-state index < -0.39 is 10.0 Å². The van der Waals surface area contributed by atoms with Crippen LogP contribution >= 0.6 is 0 Å². The van der Waals surface area contributed by atoms with E-state index in [1.165, 1.54) is 10.5 Å². The molecule has 0 saturated carbocycles. The van der Waals surface area contributed by atoms with Crippen LogP contribution in [0.3, 0.4) is 0 Å². The number of ether oxygens (including phenoxy) is 1. The minimum absolute atomic E-state index is 0.0497. The van der Waals surface area contributed by atoms with E-state index in [0.717, 1.165) is 22.0 Å². The lowest BCUT2D eigenvalue weighted by molar-refractivity contribution is -0.0440. The van der Waals surface area contributed by atoms with Gasteiger partial charge in [0.1, 0.15) is 6.07 Å². The molecule has 1 fully saturated rings. The normalized spacial score (nSPS) is 20.8. The first-order valence-corrected chi connectivity index (χ1v) is 11.0. The third-order valence-corrected chi connectivity index (χ3v) is 6.67. The molecule has 28 heavy (non-hydrogen) atoms. The molecule has 1 aliphatic heterocycles. The molecule has 1 saturated heterocycles. The Kier molecular flexibility index (Phi) is 5.89. The second-order valence-electron chi connectivity index (χ2n) is 7.45. The number of fused-ring (bicyclic) bond motifs is 1. The number of pyridine rings is 1. The summed E-state index contributed by atoms with van der Waals surface area (Å²) in [6.45, 7) is 8.67. The van der Waals surface area contributed by atoms with Crippen molar-refractivity contribution in [1.82, 2.24) is 9.29 Å². The van der Waals surface area contributed by atoms with E-state index in [1.54, 1.807) is 0 Å². The highest BCUT2D eigenvalue weighted by molar-refractivity contribution is 7.89. The van der Waals surface area contributed by atoms with Crippen molar-refractivity contribution < 1.29 is 13.2 Å². The van der Waals surface area contributed by atoms with Gasteiger partial charge in [-0.3, -0.25) is 4.98 Å². The minimum atomic E-state index is -3.42. The molecule has 2 unspecified atom stereocenters. The summed E-state index contributed by atoms with van der Waals surface area (Å²) >= 11 is 0. The van der Waals surface area contributed by atoms with E-state index >= 15 is 0 Å². The van der Waals surface area contributed by atoms with Gasteiger partial charge in [0.25, 0.3) is 0 Å². The number of aromatic nitrogens is 1. The maximum absolute atomic E-state index is 12.7. The SMILES string of the molecule is Cc1cc(C)c2ncc(C#N)c(NCCS(=O)(=O)N3CC(C)OC(C)C3)c2c1. The lowest BCUT2D eigenvalue weighted by Crippen LogP contribution is -2.49. The predicted molar refractivity (Wildman–Crippen MR) is 110 cm³/mol. The van der Waals surface area contributed by atoms with Crippen molar-refractivity contribution in [2.45, 2.75) is 39.9 Å². The number of sulfonamides is 1. The van der Waals surface area contributed by atoms with Crippen LogP contribution in [0.1, 0.15) is 30.5 Å². The Morgan fingerprint density at radius 3 is 2.61 bits per heavy atom. The zero-order chi connectivity index (χ0) is 20.5. The molecule has 1 aromatic carbocycles. The van der Waals surface area contributed by atoms with Gasteiger partial charge in [-0.05, 0) is 39.3 Å². The third-order valence-electron chi connectivity index (χ3n) is 4.87. The highest BCUT2D eigenvalue weighted by Gasteiger charge is 2.30. The molecule has 1 aliphatic rings. The summed E-state index contributed by atoms with van der Waals surface area (Å²) in [7, 11) is -3.42. The summed E-state index contributed by atoms with van der Waals surface area (Å²) < 4.78 is 32.6. The fraction of sp³-hybridized carbons (Fsp3) is 0.500. The van der Waals surface area contributed by atoms with Crippen molar-refractivity contribution in [3.05, 3.63) is 35.0 Å². The highest BCUT2D eigenvalue weighted by Crippen LogP contribution is 2.28. The minimum Gasteiger partial charge on any atom is -0.382 e. The molecular weight excluding hydrogens is 376 g/mol. The number of hydrogen-bond acceptors (Lipinski definition) is 6. The second kappa shape index (κ2) is 8.03. The molecule has 3 rings (SSSR count). The number of rotatable bonds is 5. The Labute approximate surface area is 166 Å². The number of nitrogens with zero attached hydrogens (tertiary/aromatic N) is 3. The number of benzene rings is 1. The standard InChI is InChI=1S/C20H26N4O3S/c1-13-7-14(2)19-18(8-13)20(17(9-21)10-23-19)22-5-6-28(25,26)24-11-15(3)27-16(4)12-24/h7-8,10,15-16H,5-6,11-12H2,1-4H3,(H,22,23). The van der Waals surface area contributed by atoms with E-state index in [4.69, 9.17) is 4.74 Å². The predicted octanol–water partition coefficient (Wildman–Crippen LogP) is 2.57. The number of nitrogens with one attached hydrogen (secondary N) is 1. The summed E-state index contributed by atoms with van der Waals surface area (Å²) in [5.41, 5.74) is 3.94. The van der Waals surface area contributed by atoms with Gasteiger partial charge in [-0.1, -0.05) is 11.6 Å². The van der Waals surface area contributed by atoms with Gasteiger partial charge in [0.15, 0.2) is 0 Å². The Morgan fingerprint density at radius 2 is 1.96 bits per heavy atom. The molecule has 2 atom stereocenters. The lowest BCUT2D eigenvalue weighted by Gasteiger charge is -2.34. The van der Waals surface area contributed by atoms with Gasteiger partial charge in [0.05, 0.1) is 34.7 Å². The second-order valence-corrected chi connectivity index (χ2v) is 9.54. The van der Waals surface area contributed by atoms with Gasteiger partial charge in [-0.15, -0.1) is 0 Å². The summed E-state index contributed by atoms with van der Waals surface area (Å²) in [4.78, 5) is 4.40. The van der Waals surface area contributed by atoms with Crippen LogP contribution in [0.4, 0.5) is 5.69 Å². The van der Waals surface area contributed by atoms with Crippen LogP contribution in [0, 0.1) is 25.2 Å². The molecule has 0 bridgehead atoms. The molecular formula is C20H26N4O3S. The number of anilines is 1. The first-order valence-electron chi connectivity index (χ1n) is 9.38. The molecule has 0 spiro atoms. The summed E-state index contributed by atoms with van der Waals surface area (Å²) in [6, 6.07) is 6.16. The third kappa shape index (κ3) is 4.27. The van der Waals surface area contributed by atoms with Gasteiger partial charge < -0.3 is 10.1 Å². The van der Waals surface area contributed by atoms with Crippen LogP contribution in [0.25, 0.3) is 10.9 Å². The van der Waals surface area contributed by atoms with Crippen molar-refractivity contribution in [3.8, 4) is 6.07 Å². The zero-order valence-corrected chi connectivity index (χ0v) is 17.5. The van der Waals surface area contributed by atoms with Gasteiger partial charge in [0.2, 0.25) is 10.0 Å². The molecule has 150 valence electrons. The first kappa shape index (κ1) is 20.5. The number of morpholine rings is 1. The first-order chi connectivity index (χ1) is 13.2. The molecule has 1 aromatic heterocycles. The van der Waals surface area contributed by atoms with E-state index in [2.05, 4.69) is 16.4 Å². The fourth-order valence-corrected chi connectivity index (χ4v) is 5.22. The van der Waals surface area contributed by atoms with E-state index in [9.17, 15) is 13.7 Å². The molecule has 0 aliphatic carbocycles. The van der Waals surface area contributed by atoms with Crippen molar-refractivity contribution in [2.75, 3.05) is 30.7 Å². The molecule has 0 amide bonds. The van der Waals surface area contributed by atoms with Gasteiger partial charge in [-0.25, -0.2) is 8.42 Å². The van der Waals surface area contributed by atoms with E-state index in [-0.39, 0.29) is 24.5 Å². The summed E-state index contributed by atoms with van der Waals surface area (Å²) in [5, 5.41) is 13.5. The largest absolute Gasteiger partial charge is 0.382 e. The van der Waals surface area contributed by atoms with Crippen LogP contribution in [-0.4, -0.2) is 55.3 Å². The Hall–Kier alpha value is -2.21. The quantitative estimate of drug-likeness (QED) is 0.826. The van der Waals surface area contributed by atoms with Gasteiger partial charge in [-0.2, -0.15) is 9.57 Å². The molecule has 7 nitrogen and oxygen atoms in total. The maximum Gasteiger partial charge on any atom is 0.216 e. The molecule has 8 heteroatoms. The van der Waals surface area contributed by atoms with E-state index in [0.29, 0.717) is 24.3 Å². The van der Waals surface area contributed by atoms with Crippen molar-refractivity contribution >= 4 is 26.6 Å². The van der Waals surface area contributed by atoms with Gasteiger partial charge in [0, 0.05) is 31.2 Å². The van der Waals surface area contributed by atoms with Crippen LogP contribution in [0.2, 0.25) is 0 Å². The number of nitriles is 1. The maximum atomic E-state index is 12.7. The van der Waals surface area contributed by atoms with Crippen LogP contribution in [0.15, 0.2) is 18.3 Å². The van der Waals surface area contributed by atoms with Gasteiger partial charge >= 0.3 is 0 Å². The van der Waals surface area contributed by atoms with E-state index in [1.807, 2.05) is 39.8 Å². The van der Waals surface area contributed by atoms with Crippen molar-refractivity contribution in [2.24, 2.45) is 0 Å². The monoisotopic (exact) mass is 402 g/mol. The lowest BCUT2D eigenvalue weighted by atomic mass is 10.0. The zero-order valence-electron chi connectivity index (χ0n) is 16.7. The fourth-order valence-electron chi connectivity index (χ4n) is 3.73. The van der Waals surface area contributed by atoms with Crippen LogP contribution < -0.4 is 5.32 Å². The molecule has 2 heterocycles. The highest BCUT2D eigenvalue weighted by atomic mass is 32.2. The van der Waals surface area contributed by atoms with Crippen LogP contribution in [0.5, 0.6) is 0 Å². The molecule has 0 radical (unpaired) electrons. The Morgan fingerprint density at radius 1 is 1.29 bits per heavy atom. The smallest absolute Gasteiger partial charge is 0.216 e. The van der Waals surface area contributed by atoms with Crippen molar-refractivity contribution in [1.29, 1.82) is 5.26 Å². The Balaban J connectivity index is 1.81. The number of hydrogen-bond donors (Lipinski definition) is 1.